The van der Waals surface area contributed by atoms with Crippen LogP contribution in [0.15, 0.2) is 41.1 Å². The minimum atomic E-state index is 0.560. The molecule has 1 heterocycles. The van der Waals surface area contributed by atoms with Gasteiger partial charge in [0, 0.05) is 28.8 Å². The highest BCUT2D eigenvalue weighted by Gasteiger charge is 2.06. The number of halogens is 2. The maximum atomic E-state index is 5.92. The predicted octanol–water partition coefficient (Wildman–Crippen LogP) is 4.79. The molecule has 0 radical (unpaired) electrons. The number of ether oxygens (including phenoxy) is 1. The van der Waals surface area contributed by atoms with Crippen molar-refractivity contribution in [3.8, 4) is 11.5 Å². The summed E-state index contributed by atoms with van der Waals surface area (Å²) in [6.45, 7) is 3.88. The summed E-state index contributed by atoms with van der Waals surface area (Å²) >= 11 is 9.40. The first-order valence-corrected chi connectivity index (χ1v) is 7.63. The van der Waals surface area contributed by atoms with Crippen molar-refractivity contribution in [2.45, 2.75) is 19.9 Å². The van der Waals surface area contributed by atoms with Crippen LogP contribution in [0.3, 0.4) is 0 Å². The van der Waals surface area contributed by atoms with Crippen molar-refractivity contribution >= 4 is 27.5 Å². The molecule has 1 aromatic carbocycles. The maximum absolute atomic E-state index is 5.92. The van der Waals surface area contributed by atoms with Crippen LogP contribution in [0, 0.1) is 0 Å². The Balaban J connectivity index is 2.17. The van der Waals surface area contributed by atoms with E-state index in [2.05, 4.69) is 39.2 Å². The predicted molar refractivity (Wildman–Crippen MR) is 85.5 cm³/mol. The third-order valence-corrected chi connectivity index (χ3v) is 3.37. The molecule has 5 heteroatoms. The maximum Gasteiger partial charge on any atom is 0.147 e. The molecule has 0 saturated heterocycles. The third kappa shape index (κ3) is 4.47. The largest absolute Gasteiger partial charge is 0.455 e. The van der Waals surface area contributed by atoms with Crippen LogP contribution in [0.25, 0.3) is 0 Å². The quantitative estimate of drug-likeness (QED) is 0.757. The lowest BCUT2D eigenvalue weighted by Crippen LogP contribution is -2.14. The molecule has 0 fully saturated rings. The van der Waals surface area contributed by atoms with Gasteiger partial charge in [0.15, 0.2) is 0 Å². The molecular formula is C15H16BrClN2O. The zero-order valence-corrected chi connectivity index (χ0v) is 13.5. The van der Waals surface area contributed by atoms with E-state index in [9.17, 15) is 0 Å². The molecule has 3 nitrogen and oxygen atoms in total. The molecule has 20 heavy (non-hydrogen) atoms. The number of hydrogen-bond donors (Lipinski definition) is 1. The van der Waals surface area contributed by atoms with E-state index >= 15 is 0 Å². The number of pyridine rings is 1. The molecule has 2 rings (SSSR count). The monoisotopic (exact) mass is 354 g/mol. The van der Waals surface area contributed by atoms with E-state index in [4.69, 9.17) is 16.3 Å². The number of rotatable bonds is 6. The van der Waals surface area contributed by atoms with Crippen molar-refractivity contribution in [3.05, 3.63) is 51.7 Å². The Bertz CT molecular complexity index is 578. The number of aromatic nitrogens is 1. The molecule has 2 aromatic rings. The van der Waals surface area contributed by atoms with E-state index in [0.717, 1.165) is 35.3 Å². The van der Waals surface area contributed by atoms with Gasteiger partial charge < -0.3 is 10.1 Å². The standard InChI is InChI=1S/C15H16BrClN2O/c1-2-5-18-8-11-6-12(16)3-4-15(11)20-14-7-13(17)9-19-10-14/h3-4,6-7,9-10,18H,2,5,8H2,1H3. The number of hydrogen-bond acceptors (Lipinski definition) is 3. The van der Waals surface area contributed by atoms with Gasteiger partial charge in [0.05, 0.1) is 11.2 Å². The minimum absolute atomic E-state index is 0.560. The fraction of sp³-hybridized carbons (Fsp3) is 0.267. The van der Waals surface area contributed by atoms with Gasteiger partial charge in [0.2, 0.25) is 0 Å². The molecule has 0 aliphatic carbocycles. The highest BCUT2D eigenvalue weighted by molar-refractivity contribution is 9.10. The van der Waals surface area contributed by atoms with E-state index in [1.165, 1.54) is 0 Å². The molecule has 0 saturated carbocycles. The highest BCUT2D eigenvalue weighted by Crippen LogP contribution is 2.28. The fourth-order valence-corrected chi connectivity index (χ4v) is 2.33. The molecule has 0 aliphatic rings. The van der Waals surface area contributed by atoms with Gasteiger partial charge in [-0.1, -0.05) is 34.5 Å². The molecule has 0 aliphatic heterocycles. The third-order valence-electron chi connectivity index (χ3n) is 2.67. The van der Waals surface area contributed by atoms with Crippen LogP contribution in [0.2, 0.25) is 5.02 Å². The summed E-state index contributed by atoms with van der Waals surface area (Å²) in [6.07, 6.45) is 4.33. The summed E-state index contributed by atoms with van der Waals surface area (Å²) in [5, 5.41) is 3.93. The smallest absolute Gasteiger partial charge is 0.147 e. The Kier molecular flexibility index (Phi) is 5.83. The number of benzene rings is 1. The lowest BCUT2D eigenvalue weighted by Gasteiger charge is -2.12. The number of nitrogens with zero attached hydrogens (tertiary/aromatic N) is 1. The van der Waals surface area contributed by atoms with Crippen LogP contribution in [0.1, 0.15) is 18.9 Å². The molecule has 106 valence electrons. The summed E-state index contributed by atoms with van der Waals surface area (Å²) < 4.78 is 6.90. The second kappa shape index (κ2) is 7.62. The fourth-order valence-electron chi connectivity index (χ4n) is 1.76. The average Bonchev–Trinajstić information content (AvgIpc) is 2.42. The molecule has 0 amide bonds. The Morgan fingerprint density at radius 3 is 2.90 bits per heavy atom. The van der Waals surface area contributed by atoms with Gasteiger partial charge in [-0.15, -0.1) is 0 Å². The van der Waals surface area contributed by atoms with Gasteiger partial charge in [-0.3, -0.25) is 4.98 Å². The second-order valence-electron chi connectivity index (χ2n) is 4.37. The molecule has 1 aromatic heterocycles. The average molecular weight is 356 g/mol. The van der Waals surface area contributed by atoms with E-state index in [0.29, 0.717) is 10.8 Å². The highest BCUT2D eigenvalue weighted by atomic mass is 79.9. The normalized spacial score (nSPS) is 10.6. The van der Waals surface area contributed by atoms with Crippen molar-refractivity contribution < 1.29 is 4.74 Å². The van der Waals surface area contributed by atoms with Crippen LogP contribution in [-0.4, -0.2) is 11.5 Å². The molecule has 0 spiro atoms. The van der Waals surface area contributed by atoms with Crippen molar-refractivity contribution in [2.24, 2.45) is 0 Å². The zero-order valence-electron chi connectivity index (χ0n) is 11.2. The van der Waals surface area contributed by atoms with Crippen LogP contribution >= 0.6 is 27.5 Å². The first-order valence-electron chi connectivity index (χ1n) is 6.46. The van der Waals surface area contributed by atoms with E-state index < -0.39 is 0 Å². The van der Waals surface area contributed by atoms with Crippen LogP contribution < -0.4 is 10.1 Å². The minimum Gasteiger partial charge on any atom is -0.455 e. The van der Waals surface area contributed by atoms with Gasteiger partial charge in [-0.2, -0.15) is 0 Å². The van der Waals surface area contributed by atoms with Gasteiger partial charge in [0.1, 0.15) is 11.5 Å². The molecule has 0 atom stereocenters. The van der Waals surface area contributed by atoms with Crippen molar-refractivity contribution in [3.63, 3.8) is 0 Å². The Morgan fingerprint density at radius 1 is 1.30 bits per heavy atom. The van der Waals surface area contributed by atoms with Crippen LogP contribution in [0.5, 0.6) is 11.5 Å². The zero-order chi connectivity index (χ0) is 14.4. The van der Waals surface area contributed by atoms with Crippen molar-refractivity contribution in [2.75, 3.05) is 6.54 Å². The first-order chi connectivity index (χ1) is 9.69. The molecule has 0 bridgehead atoms. The summed E-state index contributed by atoms with van der Waals surface area (Å²) in [5.41, 5.74) is 1.09. The lowest BCUT2D eigenvalue weighted by molar-refractivity contribution is 0.470. The molecular weight excluding hydrogens is 340 g/mol. The second-order valence-corrected chi connectivity index (χ2v) is 5.72. The van der Waals surface area contributed by atoms with E-state index in [1.54, 1.807) is 18.5 Å². The van der Waals surface area contributed by atoms with E-state index in [1.807, 2.05) is 12.1 Å². The number of nitrogens with one attached hydrogen (secondary N) is 1. The van der Waals surface area contributed by atoms with Gasteiger partial charge >= 0.3 is 0 Å². The summed E-state index contributed by atoms with van der Waals surface area (Å²) in [4.78, 5) is 4.02. The summed E-state index contributed by atoms with van der Waals surface area (Å²) in [5.74, 6) is 1.44. The van der Waals surface area contributed by atoms with E-state index in [-0.39, 0.29) is 0 Å². The molecule has 0 unspecified atom stereocenters. The Labute approximate surface area is 132 Å². The van der Waals surface area contributed by atoms with Crippen LogP contribution in [-0.2, 0) is 6.54 Å². The SMILES string of the molecule is CCCNCc1cc(Br)ccc1Oc1cncc(Cl)c1. The van der Waals surface area contributed by atoms with Gasteiger partial charge in [0.25, 0.3) is 0 Å². The molecule has 1 N–H and O–H groups in total. The van der Waals surface area contributed by atoms with Crippen molar-refractivity contribution in [1.29, 1.82) is 0 Å². The van der Waals surface area contributed by atoms with Crippen LogP contribution in [0.4, 0.5) is 0 Å². The lowest BCUT2D eigenvalue weighted by atomic mass is 10.2. The topological polar surface area (TPSA) is 34.1 Å². The summed E-state index contributed by atoms with van der Waals surface area (Å²) in [6, 6.07) is 7.69. The Hall–Kier alpha value is -1.10. The van der Waals surface area contributed by atoms with Gasteiger partial charge in [-0.25, -0.2) is 0 Å². The Morgan fingerprint density at radius 2 is 2.15 bits per heavy atom. The summed E-state index contributed by atoms with van der Waals surface area (Å²) in [7, 11) is 0. The first kappa shape index (κ1) is 15.3. The van der Waals surface area contributed by atoms with Crippen molar-refractivity contribution in [1.82, 2.24) is 10.3 Å². The van der Waals surface area contributed by atoms with Gasteiger partial charge in [-0.05, 0) is 31.2 Å².